The minimum Gasteiger partial charge on any atom is -0.313 e. The molecule has 446 valence electrons. The number of benzene rings is 14. The Kier molecular flexibility index (Phi) is 15.1. The van der Waals surface area contributed by atoms with Crippen LogP contribution in [-0.2, 0) is 0 Å². The van der Waals surface area contributed by atoms with Crippen molar-refractivity contribution in [1.82, 2.24) is 9.13 Å². The predicted molar refractivity (Wildman–Crippen MR) is 397 cm³/mol. The standard InChI is InChI=1S/C90H66N4/c1-63-89(69-33-17-7-18-34-69)85-61-75(45-55-87(85)91(63)77-47-51-79(52-48-77)93(81-41-21-37-71(57-81)65-25-9-3-10-26-65)82-42-22-38-72(58-82)66-27-11-4-12-28-66)76-46-56-88-86(62-76)90(70-35-19-8-20-36-70)64(2)92(88)78-49-53-80(54-50-78)94(83-43-23-39-73(59-83)67-29-13-5-14-30-67)84-44-24-40-74(60-84)68-31-15-6-16-32-68/h3-62H,1-2H3. The van der Waals surface area contributed by atoms with Crippen LogP contribution in [0.3, 0.4) is 0 Å². The minimum atomic E-state index is 1.07. The van der Waals surface area contributed by atoms with Crippen LogP contribution in [-0.4, -0.2) is 9.13 Å². The topological polar surface area (TPSA) is 16.3 Å². The highest BCUT2D eigenvalue weighted by Crippen LogP contribution is 2.45. The van der Waals surface area contributed by atoms with E-state index in [9.17, 15) is 0 Å². The van der Waals surface area contributed by atoms with Gasteiger partial charge in [-0.05, 0) is 202 Å². The zero-order valence-corrected chi connectivity index (χ0v) is 52.4. The summed E-state index contributed by atoms with van der Waals surface area (Å²) in [6.45, 7) is 4.54. The Morgan fingerprint density at radius 2 is 0.436 bits per heavy atom. The first-order valence-electron chi connectivity index (χ1n) is 32.3. The third kappa shape index (κ3) is 10.8. The van der Waals surface area contributed by atoms with E-state index >= 15 is 0 Å². The molecule has 0 fully saturated rings. The van der Waals surface area contributed by atoms with Crippen molar-refractivity contribution in [1.29, 1.82) is 0 Å². The van der Waals surface area contributed by atoms with Crippen LogP contribution < -0.4 is 9.80 Å². The van der Waals surface area contributed by atoms with Gasteiger partial charge in [-0.2, -0.15) is 0 Å². The molecule has 0 saturated heterocycles. The van der Waals surface area contributed by atoms with Gasteiger partial charge in [0.05, 0.1) is 11.0 Å². The first kappa shape index (κ1) is 57.0. The van der Waals surface area contributed by atoms with Gasteiger partial charge in [-0.1, -0.05) is 243 Å². The minimum absolute atomic E-state index is 1.07. The van der Waals surface area contributed by atoms with Crippen LogP contribution >= 0.6 is 0 Å². The van der Waals surface area contributed by atoms with Crippen LogP contribution in [0.2, 0.25) is 0 Å². The Morgan fingerprint density at radius 3 is 0.713 bits per heavy atom. The molecule has 16 aromatic rings. The van der Waals surface area contributed by atoms with Crippen molar-refractivity contribution in [3.63, 3.8) is 0 Å². The molecule has 94 heavy (non-hydrogen) atoms. The smallest absolute Gasteiger partial charge is 0.0538 e. The maximum Gasteiger partial charge on any atom is 0.0538 e. The van der Waals surface area contributed by atoms with Crippen molar-refractivity contribution in [3.05, 3.63) is 375 Å². The monoisotopic (exact) mass is 1200 g/mol. The van der Waals surface area contributed by atoms with E-state index in [0.29, 0.717) is 0 Å². The molecule has 0 bridgehead atoms. The molecule has 14 aromatic carbocycles. The summed E-state index contributed by atoms with van der Waals surface area (Å²) in [4.78, 5) is 4.76. The van der Waals surface area contributed by atoms with Crippen LogP contribution in [0.1, 0.15) is 11.4 Å². The van der Waals surface area contributed by atoms with E-state index in [0.717, 1.165) is 67.7 Å². The van der Waals surface area contributed by atoms with Gasteiger partial charge in [-0.25, -0.2) is 0 Å². The van der Waals surface area contributed by atoms with Crippen LogP contribution in [0.4, 0.5) is 34.1 Å². The second kappa shape index (κ2) is 24.9. The summed E-state index contributed by atoms with van der Waals surface area (Å²) in [5.41, 5.74) is 29.9. The van der Waals surface area contributed by atoms with Gasteiger partial charge in [0.25, 0.3) is 0 Å². The molecule has 16 rings (SSSR count). The second-order valence-electron chi connectivity index (χ2n) is 24.2. The van der Waals surface area contributed by atoms with Crippen LogP contribution in [0.25, 0.3) is 111 Å². The summed E-state index contributed by atoms with van der Waals surface area (Å²) in [6.07, 6.45) is 0. The lowest BCUT2D eigenvalue weighted by Gasteiger charge is -2.27. The molecule has 0 unspecified atom stereocenters. The van der Waals surface area contributed by atoms with E-state index < -0.39 is 0 Å². The Bertz CT molecular complexity index is 4840. The zero-order valence-electron chi connectivity index (χ0n) is 52.4. The largest absolute Gasteiger partial charge is 0.313 e. The fourth-order valence-corrected chi connectivity index (χ4v) is 14.0. The molecule has 0 aliphatic carbocycles. The van der Waals surface area contributed by atoms with Crippen molar-refractivity contribution >= 4 is 55.9 Å². The molecular formula is C90H66N4. The first-order chi connectivity index (χ1) is 46.5. The van der Waals surface area contributed by atoms with Gasteiger partial charge in [-0.15, -0.1) is 0 Å². The highest BCUT2D eigenvalue weighted by Gasteiger charge is 2.23. The molecule has 0 spiro atoms. The molecule has 4 nitrogen and oxygen atoms in total. The highest BCUT2D eigenvalue weighted by molar-refractivity contribution is 6.04. The average molecular weight is 1200 g/mol. The maximum absolute atomic E-state index is 2.44. The van der Waals surface area contributed by atoms with E-state index in [2.05, 4.69) is 397 Å². The molecule has 2 aromatic heterocycles. The molecule has 0 amide bonds. The molecule has 4 heteroatoms. The molecule has 0 aliphatic heterocycles. The molecule has 0 radical (unpaired) electrons. The number of hydrogen-bond acceptors (Lipinski definition) is 2. The van der Waals surface area contributed by atoms with Gasteiger partial charge in [0.15, 0.2) is 0 Å². The Balaban J connectivity index is 0.784. The number of rotatable bonds is 15. The Hall–Kier alpha value is -12.2. The van der Waals surface area contributed by atoms with Crippen LogP contribution in [0, 0.1) is 13.8 Å². The zero-order chi connectivity index (χ0) is 62.9. The third-order valence-electron chi connectivity index (χ3n) is 18.4. The fraction of sp³-hybridized carbons (Fsp3) is 0.0222. The van der Waals surface area contributed by atoms with E-state index in [1.54, 1.807) is 0 Å². The third-order valence-corrected chi connectivity index (χ3v) is 18.4. The molecule has 2 heterocycles. The lowest BCUT2D eigenvalue weighted by molar-refractivity contribution is 1.05. The summed E-state index contributed by atoms with van der Waals surface area (Å²) in [5, 5.41) is 2.40. The van der Waals surface area contributed by atoms with Gasteiger partial charge in [-0.3, -0.25) is 0 Å². The van der Waals surface area contributed by atoms with Gasteiger partial charge in [0.2, 0.25) is 0 Å². The normalized spacial score (nSPS) is 11.3. The van der Waals surface area contributed by atoms with E-state index in [1.165, 1.54) is 88.9 Å². The Labute approximate surface area is 550 Å². The highest BCUT2D eigenvalue weighted by atomic mass is 15.1. The lowest BCUT2D eigenvalue weighted by atomic mass is 9.96. The first-order valence-corrected chi connectivity index (χ1v) is 32.3. The summed E-state index contributed by atoms with van der Waals surface area (Å²) in [6, 6.07) is 132. The van der Waals surface area contributed by atoms with Crippen molar-refractivity contribution in [2.75, 3.05) is 9.80 Å². The van der Waals surface area contributed by atoms with Crippen molar-refractivity contribution in [2.45, 2.75) is 13.8 Å². The molecule has 0 aliphatic rings. The SMILES string of the molecule is Cc1c(-c2ccccc2)c2cc(-c3ccc4c(c3)c(-c3ccccc3)c(C)n4-c3ccc(N(c4cccc(-c5ccccc5)c4)c4cccc(-c5ccccc5)c4)cc3)ccc2n1-c1ccc(N(c2cccc(-c3ccccc3)c2)c2cccc(-c3ccccc3)c2)cc1. The van der Waals surface area contributed by atoms with Gasteiger partial charge >= 0.3 is 0 Å². The fourth-order valence-electron chi connectivity index (χ4n) is 14.0. The molecule has 0 saturated carbocycles. The molecular weight excluding hydrogens is 1140 g/mol. The number of fused-ring (bicyclic) bond motifs is 2. The summed E-state index contributed by atoms with van der Waals surface area (Å²) < 4.78 is 4.88. The van der Waals surface area contributed by atoms with Gasteiger partial charge < -0.3 is 18.9 Å². The van der Waals surface area contributed by atoms with E-state index in [-0.39, 0.29) is 0 Å². The lowest BCUT2D eigenvalue weighted by Crippen LogP contribution is -2.10. The molecule has 0 N–H and O–H groups in total. The van der Waals surface area contributed by atoms with E-state index in [4.69, 9.17) is 0 Å². The quantitative estimate of drug-likeness (QED) is 0.102. The summed E-state index contributed by atoms with van der Waals surface area (Å²) in [5.74, 6) is 0. The van der Waals surface area contributed by atoms with Crippen LogP contribution in [0.5, 0.6) is 0 Å². The van der Waals surface area contributed by atoms with Gasteiger partial charge in [0, 0.05) is 78.8 Å². The van der Waals surface area contributed by atoms with E-state index in [1.807, 2.05) is 0 Å². The summed E-state index contributed by atoms with van der Waals surface area (Å²) >= 11 is 0. The predicted octanol–water partition coefficient (Wildman–Crippen LogP) is 24.8. The summed E-state index contributed by atoms with van der Waals surface area (Å²) in [7, 11) is 0. The number of aromatic nitrogens is 2. The second-order valence-corrected chi connectivity index (χ2v) is 24.2. The van der Waals surface area contributed by atoms with Crippen molar-refractivity contribution in [3.8, 4) is 89.3 Å². The number of hydrogen-bond donors (Lipinski definition) is 0. The Morgan fingerprint density at radius 1 is 0.191 bits per heavy atom. The maximum atomic E-state index is 2.44. The molecule has 0 atom stereocenters. The number of anilines is 6. The van der Waals surface area contributed by atoms with Crippen molar-refractivity contribution < 1.29 is 0 Å². The average Bonchev–Trinajstić information content (AvgIpc) is 1.58. The van der Waals surface area contributed by atoms with Crippen LogP contribution in [0.15, 0.2) is 364 Å². The van der Waals surface area contributed by atoms with Crippen molar-refractivity contribution in [2.24, 2.45) is 0 Å². The van der Waals surface area contributed by atoms with Gasteiger partial charge in [0.1, 0.15) is 0 Å². The number of nitrogens with zero attached hydrogens (tertiary/aromatic N) is 4.